The lowest BCUT2D eigenvalue weighted by Crippen LogP contribution is -2.28. The second kappa shape index (κ2) is 10.4. The lowest BCUT2D eigenvalue weighted by molar-refractivity contribution is -0.385. The molecule has 0 fully saturated rings. The highest BCUT2D eigenvalue weighted by Crippen LogP contribution is 2.21. The summed E-state index contributed by atoms with van der Waals surface area (Å²) in [6.07, 6.45) is 0. The number of non-ortho nitro benzene ring substituents is 1. The minimum absolute atomic E-state index is 0.177. The van der Waals surface area contributed by atoms with E-state index in [0.29, 0.717) is 17.9 Å². The number of hydrogen-bond acceptors (Lipinski definition) is 6. The van der Waals surface area contributed by atoms with Gasteiger partial charge in [0.15, 0.2) is 0 Å². The first-order chi connectivity index (χ1) is 16.2. The van der Waals surface area contributed by atoms with Crippen LogP contribution >= 0.6 is 0 Å². The lowest BCUT2D eigenvalue weighted by atomic mass is 10.2. The van der Waals surface area contributed by atoms with Gasteiger partial charge in [-0.1, -0.05) is 12.1 Å². The third-order valence-corrected chi connectivity index (χ3v) is 5.83. The van der Waals surface area contributed by atoms with Gasteiger partial charge in [-0.15, -0.1) is 0 Å². The predicted octanol–water partition coefficient (Wildman–Crippen LogP) is 3.79. The van der Waals surface area contributed by atoms with Crippen LogP contribution in [0.3, 0.4) is 0 Å². The molecule has 176 valence electrons. The molecule has 3 aromatic carbocycles. The Morgan fingerprint density at radius 3 is 2.18 bits per heavy atom. The molecule has 11 nitrogen and oxygen atoms in total. The van der Waals surface area contributed by atoms with Crippen LogP contribution in [0.2, 0.25) is 0 Å². The molecule has 0 unspecified atom stereocenters. The Morgan fingerprint density at radius 1 is 0.882 bits per heavy atom. The van der Waals surface area contributed by atoms with Crippen molar-refractivity contribution in [1.29, 1.82) is 0 Å². The van der Waals surface area contributed by atoms with Crippen molar-refractivity contribution >= 4 is 44.7 Å². The molecule has 4 N–H and O–H groups in total. The van der Waals surface area contributed by atoms with Crippen LogP contribution in [0.4, 0.5) is 27.5 Å². The first-order valence-electron chi connectivity index (χ1n) is 10.0. The Morgan fingerprint density at radius 2 is 1.53 bits per heavy atom. The normalized spacial score (nSPS) is 10.7. The Kier molecular flexibility index (Phi) is 7.43. The highest BCUT2D eigenvalue weighted by atomic mass is 32.2. The van der Waals surface area contributed by atoms with Crippen molar-refractivity contribution < 1.29 is 22.9 Å². The molecule has 0 heterocycles. The zero-order chi connectivity index (χ0) is 24.7. The molecule has 3 rings (SSSR count). The van der Waals surface area contributed by atoms with Gasteiger partial charge in [0.05, 0.1) is 9.82 Å². The van der Waals surface area contributed by atoms with Crippen molar-refractivity contribution in [1.82, 2.24) is 5.32 Å². The second-order valence-electron chi connectivity index (χ2n) is 6.96. The molecule has 0 spiro atoms. The van der Waals surface area contributed by atoms with Crippen LogP contribution in [-0.2, 0) is 10.0 Å². The van der Waals surface area contributed by atoms with Crippen LogP contribution in [0.5, 0.6) is 0 Å². The quantitative estimate of drug-likeness (QED) is 0.282. The highest BCUT2D eigenvalue weighted by molar-refractivity contribution is 7.92. The second-order valence-corrected chi connectivity index (χ2v) is 8.64. The van der Waals surface area contributed by atoms with E-state index in [0.717, 1.165) is 6.07 Å². The standard InChI is InChI=1S/C22H21N5O6S/c1-2-23-22(29)25-18-6-3-5-17(13-18)24-21(28)15-9-11-16(12-10-15)26-34(32,33)20-8-4-7-19(14-20)27(30)31/h3-14,26H,2H2,1H3,(H,24,28)(H2,23,25,29). The molecule has 0 aliphatic carbocycles. The third kappa shape index (κ3) is 6.29. The van der Waals surface area contributed by atoms with E-state index in [1.165, 1.54) is 42.5 Å². The topological polar surface area (TPSA) is 160 Å². The molecule has 3 aromatic rings. The monoisotopic (exact) mass is 483 g/mol. The van der Waals surface area contributed by atoms with E-state index in [4.69, 9.17) is 0 Å². The van der Waals surface area contributed by atoms with Gasteiger partial charge in [-0.25, -0.2) is 13.2 Å². The van der Waals surface area contributed by atoms with Gasteiger partial charge in [0.1, 0.15) is 0 Å². The molecule has 0 aliphatic rings. The lowest BCUT2D eigenvalue weighted by Gasteiger charge is -2.10. The summed E-state index contributed by atoms with van der Waals surface area (Å²) in [5.74, 6) is -0.441. The van der Waals surface area contributed by atoms with Gasteiger partial charge in [0.25, 0.3) is 21.6 Å². The average Bonchev–Trinajstić information content (AvgIpc) is 2.79. The highest BCUT2D eigenvalue weighted by Gasteiger charge is 2.18. The van der Waals surface area contributed by atoms with Crippen molar-refractivity contribution in [3.05, 3.63) is 88.5 Å². The van der Waals surface area contributed by atoms with E-state index in [-0.39, 0.29) is 27.9 Å². The fraction of sp³-hybridized carbons (Fsp3) is 0.0909. The maximum atomic E-state index is 12.6. The van der Waals surface area contributed by atoms with E-state index in [2.05, 4.69) is 20.7 Å². The summed E-state index contributed by atoms with van der Waals surface area (Å²) < 4.78 is 27.4. The largest absolute Gasteiger partial charge is 0.338 e. The molecule has 0 radical (unpaired) electrons. The molecule has 0 aromatic heterocycles. The molecular formula is C22H21N5O6S. The number of benzene rings is 3. The first kappa shape index (κ1) is 24.2. The van der Waals surface area contributed by atoms with Gasteiger partial charge in [0, 0.05) is 41.3 Å². The summed E-state index contributed by atoms with van der Waals surface area (Å²) >= 11 is 0. The van der Waals surface area contributed by atoms with Crippen LogP contribution in [0, 0.1) is 10.1 Å². The number of sulfonamides is 1. The summed E-state index contributed by atoms with van der Waals surface area (Å²) in [7, 11) is -4.06. The van der Waals surface area contributed by atoms with Gasteiger partial charge in [-0.05, 0) is 55.5 Å². The van der Waals surface area contributed by atoms with Crippen LogP contribution in [0.25, 0.3) is 0 Å². The number of nitro benzene ring substituents is 1. The molecule has 0 atom stereocenters. The number of nitro groups is 1. The molecule has 0 saturated heterocycles. The SMILES string of the molecule is CCNC(=O)Nc1cccc(NC(=O)c2ccc(NS(=O)(=O)c3cccc([N+](=O)[O-])c3)cc2)c1. The van der Waals surface area contributed by atoms with Crippen LogP contribution in [0.15, 0.2) is 77.7 Å². The van der Waals surface area contributed by atoms with Gasteiger partial charge < -0.3 is 16.0 Å². The number of amides is 3. The number of nitrogens with zero attached hydrogens (tertiary/aromatic N) is 1. The van der Waals surface area contributed by atoms with Crippen LogP contribution < -0.4 is 20.7 Å². The molecule has 12 heteroatoms. The van der Waals surface area contributed by atoms with E-state index in [1.54, 1.807) is 31.2 Å². The smallest absolute Gasteiger partial charge is 0.319 e. The molecule has 34 heavy (non-hydrogen) atoms. The number of urea groups is 1. The molecular weight excluding hydrogens is 462 g/mol. The van der Waals surface area contributed by atoms with Crippen molar-refractivity contribution in [3.8, 4) is 0 Å². The van der Waals surface area contributed by atoms with Crippen LogP contribution in [0.1, 0.15) is 17.3 Å². The number of hydrogen-bond donors (Lipinski definition) is 4. The molecule has 0 bridgehead atoms. The Bertz CT molecular complexity index is 1330. The maximum Gasteiger partial charge on any atom is 0.319 e. The van der Waals surface area contributed by atoms with E-state index in [9.17, 15) is 28.1 Å². The summed E-state index contributed by atoms with van der Waals surface area (Å²) in [5.41, 5.74) is 1.04. The zero-order valence-electron chi connectivity index (χ0n) is 17.9. The molecule has 0 saturated carbocycles. The Balaban J connectivity index is 1.67. The minimum atomic E-state index is -4.06. The van der Waals surface area contributed by atoms with E-state index in [1.807, 2.05) is 0 Å². The summed E-state index contributed by atoms with van der Waals surface area (Å²) in [6.45, 7) is 2.26. The number of carbonyl (C=O) groups excluding carboxylic acids is 2. The van der Waals surface area contributed by atoms with Gasteiger partial charge >= 0.3 is 6.03 Å². The number of nitrogens with one attached hydrogen (secondary N) is 4. The third-order valence-electron chi connectivity index (χ3n) is 4.45. The van der Waals surface area contributed by atoms with Crippen molar-refractivity contribution in [2.75, 3.05) is 21.9 Å². The number of anilines is 3. The Labute approximate surface area is 195 Å². The van der Waals surface area contributed by atoms with Crippen molar-refractivity contribution in [2.24, 2.45) is 0 Å². The summed E-state index contributed by atoms with van der Waals surface area (Å²) in [5, 5.41) is 18.8. The van der Waals surface area contributed by atoms with Gasteiger partial charge in [-0.3, -0.25) is 19.6 Å². The Hall–Kier alpha value is -4.45. The predicted molar refractivity (Wildman–Crippen MR) is 127 cm³/mol. The molecule has 0 aliphatic heterocycles. The number of carbonyl (C=O) groups is 2. The van der Waals surface area contributed by atoms with Crippen molar-refractivity contribution in [2.45, 2.75) is 11.8 Å². The van der Waals surface area contributed by atoms with Crippen molar-refractivity contribution in [3.63, 3.8) is 0 Å². The fourth-order valence-electron chi connectivity index (χ4n) is 2.88. The van der Waals surface area contributed by atoms with E-state index < -0.39 is 20.9 Å². The van der Waals surface area contributed by atoms with Gasteiger partial charge in [-0.2, -0.15) is 0 Å². The summed E-state index contributed by atoms with van der Waals surface area (Å²) in [6, 6.07) is 16.5. The van der Waals surface area contributed by atoms with E-state index >= 15 is 0 Å². The first-order valence-corrected chi connectivity index (χ1v) is 11.5. The zero-order valence-corrected chi connectivity index (χ0v) is 18.8. The maximum absolute atomic E-state index is 12.6. The fourth-order valence-corrected chi connectivity index (χ4v) is 3.98. The molecule has 3 amide bonds. The van der Waals surface area contributed by atoms with Gasteiger partial charge in [0.2, 0.25) is 0 Å². The minimum Gasteiger partial charge on any atom is -0.338 e. The number of rotatable bonds is 8. The average molecular weight is 484 g/mol. The van der Waals surface area contributed by atoms with Crippen LogP contribution in [-0.4, -0.2) is 31.8 Å². The summed E-state index contributed by atoms with van der Waals surface area (Å²) in [4.78, 5) is 34.2.